The minimum absolute atomic E-state index is 0.650. The molecule has 0 atom stereocenters. The van der Waals surface area contributed by atoms with Crippen molar-refractivity contribution >= 4 is 23.2 Å². The van der Waals surface area contributed by atoms with Crippen LogP contribution in [0.2, 0.25) is 10.0 Å². The summed E-state index contributed by atoms with van der Waals surface area (Å²) in [7, 11) is 0. The summed E-state index contributed by atoms with van der Waals surface area (Å²) in [6, 6.07) is 13.4. The van der Waals surface area contributed by atoms with Crippen molar-refractivity contribution in [1.82, 2.24) is 0 Å². The summed E-state index contributed by atoms with van der Waals surface area (Å²) in [6.45, 7) is 3.84. The first kappa shape index (κ1) is 10.5. The van der Waals surface area contributed by atoms with E-state index in [1.165, 1.54) is 0 Å². The minimum atomic E-state index is 0.650. The zero-order valence-electron chi connectivity index (χ0n) is 8.00. The lowest BCUT2D eigenvalue weighted by Crippen LogP contribution is -1.80. The second-order valence-electron chi connectivity index (χ2n) is 3.32. The number of rotatable bonds is 1. The molecule has 0 aliphatic carbocycles. The van der Waals surface area contributed by atoms with Gasteiger partial charge in [-0.25, -0.2) is 0 Å². The van der Waals surface area contributed by atoms with E-state index in [1.54, 1.807) is 6.07 Å². The predicted molar refractivity (Wildman–Crippen MR) is 66.4 cm³/mol. The minimum Gasteiger partial charge on any atom is -0.0843 e. The van der Waals surface area contributed by atoms with Crippen LogP contribution in [0.3, 0.4) is 0 Å². The first-order chi connectivity index (χ1) is 7.16. The highest BCUT2D eigenvalue weighted by molar-refractivity contribution is 6.36. The van der Waals surface area contributed by atoms with Crippen LogP contribution in [0.4, 0.5) is 0 Å². The monoisotopic (exact) mass is 235 g/mol. The Balaban J connectivity index is 2.49. The third-order valence-corrected chi connectivity index (χ3v) is 2.74. The van der Waals surface area contributed by atoms with Gasteiger partial charge in [-0.1, -0.05) is 53.5 Å². The highest BCUT2D eigenvalue weighted by atomic mass is 35.5. The molecular weight excluding hydrogens is 227 g/mol. The molecule has 0 N–H and O–H groups in total. The molecule has 0 saturated heterocycles. The summed E-state index contributed by atoms with van der Waals surface area (Å²) < 4.78 is 0. The molecule has 1 radical (unpaired) electrons. The summed E-state index contributed by atoms with van der Waals surface area (Å²) in [4.78, 5) is 0. The van der Waals surface area contributed by atoms with Crippen molar-refractivity contribution < 1.29 is 0 Å². The summed E-state index contributed by atoms with van der Waals surface area (Å²) >= 11 is 11.9. The second-order valence-corrected chi connectivity index (χ2v) is 4.16. The maximum atomic E-state index is 6.10. The molecule has 2 aromatic rings. The van der Waals surface area contributed by atoms with Gasteiger partial charge < -0.3 is 0 Å². The zero-order chi connectivity index (χ0) is 10.8. The number of hydrogen-bond acceptors (Lipinski definition) is 0. The third kappa shape index (κ3) is 2.34. The molecular formula is C13H9Cl2. The van der Waals surface area contributed by atoms with Crippen LogP contribution in [-0.4, -0.2) is 0 Å². The molecule has 2 heteroatoms. The molecule has 0 fully saturated rings. The maximum Gasteiger partial charge on any atom is 0.0499 e. The summed E-state index contributed by atoms with van der Waals surface area (Å²) in [5.41, 5.74) is 3.05. The average Bonchev–Trinajstić information content (AvgIpc) is 2.20. The van der Waals surface area contributed by atoms with Gasteiger partial charge in [0.15, 0.2) is 0 Å². The SMILES string of the molecule is [CH2]c1ccc(-c2ccc(Cl)cc2Cl)cc1. The Hall–Kier alpha value is -0.980. The molecule has 2 rings (SSSR count). The van der Waals surface area contributed by atoms with Crippen LogP contribution in [0.5, 0.6) is 0 Å². The fourth-order valence-corrected chi connectivity index (χ4v) is 1.93. The van der Waals surface area contributed by atoms with Crippen molar-refractivity contribution in [1.29, 1.82) is 0 Å². The maximum absolute atomic E-state index is 6.10. The first-order valence-corrected chi connectivity index (χ1v) is 5.30. The molecule has 2 aromatic carbocycles. The number of benzene rings is 2. The summed E-state index contributed by atoms with van der Waals surface area (Å²) in [5.74, 6) is 0. The molecule has 0 aromatic heterocycles. The van der Waals surface area contributed by atoms with E-state index in [1.807, 2.05) is 36.4 Å². The Morgan fingerprint density at radius 3 is 2.13 bits per heavy atom. The van der Waals surface area contributed by atoms with Crippen LogP contribution < -0.4 is 0 Å². The van der Waals surface area contributed by atoms with E-state index < -0.39 is 0 Å². The zero-order valence-corrected chi connectivity index (χ0v) is 9.52. The molecule has 0 amide bonds. The van der Waals surface area contributed by atoms with Crippen LogP contribution in [0.15, 0.2) is 42.5 Å². The Morgan fingerprint density at radius 1 is 0.867 bits per heavy atom. The van der Waals surface area contributed by atoms with E-state index in [2.05, 4.69) is 6.92 Å². The molecule has 75 valence electrons. The molecule has 0 saturated carbocycles. The Bertz CT molecular complexity index is 472. The number of hydrogen-bond donors (Lipinski definition) is 0. The lowest BCUT2D eigenvalue weighted by atomic mass is 10.0. The highest BCUT2D eigenvalue weighted by Gasteiger charge is 2.03. The summed E-state index contributed by atoms with van der Waals surface area (Å²) in [6.07, 6.45) is 0. The molecule has 0 aliphatic heterocycles. The topological polar surface area (TPSA) is 0 Å². The van der Waals surface area contributed by atoms with Gasteiger partial charge in [0.05, 0.1) is 0 Å². The van der Waals surface area contributed by atoms with Gasteiger partial charge in [0.2, 0.25) is 0 Å². The largest absolute Gasteiger partial charge is 0.0843 e. The van der Waals surface area contributed by atoms with E-state index in [9.17, 15) is 0 Å². The van der Waals surface area contributed by atoms with E-state index in [4.69, 9.17) is 23.2 Å². The van der Waals surface area contributed by atoms with Gasteiger partial charge in [0.25, 0.3) is 0 Å². The highest BCUT2D eigenvalue weighted by Crippen LogP contribution is 2.30. The first-order valence-electron chi connectivity index (χ1n) is 4.54. The van der Waals surface area contributed by atoms with Gasteiger partial charge in [-0.05, 0) is 30.2 Å². The lowest BCUT2D eigenvalue weighted by molar-refractivity contribution is 1.57. The van der Waals surface area contributed by atoms with Gasteiger partial charge in [-0.15, -0.1) is 0 Å². The van der Waals surface area contributed by atoms with Crippen LogP contribution in [-0.2, 0) is 0 Å². The normalized spacial score (nSPS) is 10.3. The van der Waals surface area contributed by atoms with E-state index >= 15 is 0 Å². The standard InChI is InChI=1S/C13H9Cl2/c1-9-2-4-10(5-3-9)12-7-6-11(14)8-13(12)15/h2-8H,1H2. The van der Waals surface area contributed by atoms with Crippen molar-refractivity contribution in [2.75, 3.05) is 0 Å². The molecule has 0 heterocycles. The number of halogens is 2. The third-order valence-electron chi connectivity index (χ3n) is 2.20. The van der Waals surface area contributed by atoms with E-state index in [0.717, 1.165) is 16.7 Å². The predicted octanol–water partition coefficient (Wildman–Crippen LogP) is 4.84. The molecule has 0 nitrogen and oxygen atoms in total. The van der Waals surface area contributed by atoms with Gasteiger partial charge >= 0.3 is 0 Å². The quantitative estimate of drug-likeness (QED) is 0.664. The fourth-order valence-electron chi connectivity index (χ4n) is 1.41. The molecule has 15 heavy (non-hydrogen) atoms. The van der Waals surface area contributed by atoms with E-state index in [0.29, 0.717) is 10.0 Å². The van der Waals surface area contributed by atoms with Crippen LogP contribution in [0.25, 0.3) is 11.1 Å². The molecule has 0 unspecified atom stereocenters. The Morgan fingerprint density at radius 2 is 1.53 bits per heavy atom. The van der Waals surface area contributed by atoms with Gasteiger partial charge in [0.1, 0.15) is 0 Å². The molecule has 0 aliphatic rings. The van der Waals surface area contributed by atoms with Crippen molar-refractivity contribution in [3.05, 3.63) is 65.0 Å². The van der Waals surface area contributed by atoms with Crippen LogP contribution >= 0.6 is 23.2 Å². The van der Waals surface area contributed by atoms with Gasteiger partial charge in [0, 0.05) is 15.6 Å². The van der Waals surface area contributed by atoms with Crippen molar-refractivity contribution in [2.45, 2.75) is 0 Å². The van der Waals surface area contributed by atoms with Gasteiger partial charge in [-0.3, -0.25) is 0 Å². The summed E-state index contributed by atoms with van der Waals surface area (Å²) in [5, 5.41) is 1.32. The Kier molecular flexibility index (Phi) is 2.99. The van der Waals surface area contributed by atoms with Crippen molar-refractivity contribution in [2.24, 2.45) is 0 Å². The van der Waals surface area contributed by atoms with Crippen LogP contribution in [0.1, 0.15) is 5.56 Å². The van der Waals surface area contributed by atoms with Gasteiger partial charge in [-0.2, -0.15) is 0 Å². The average molecular weight is 236 g/mol. The Labute approximate surface area is 99.5 Å². The molecule has 0 spiro atoms. The van der Waals surface area contributed by atoms with Crippen molar-refractivity contribution in [3.63, 3.8) is 0 Å². The second kappa shape index (κ2) is 4.26. The van der Waals surface area contributed by atoms with Crippen LogP contribution in [0, 0.1) is 6.92 Å². The lowest BCUT2D eigenvalue weighted by Gasteiger charge is -2.05. The van der Waals surface area contributed by atoms with E-state index in [-0.39, 0.29) is 0 Å². The van der Waals surface area contributed by atoms with Crippen molar-refractivity contribution in [3.8, 4) is 11.1 Å². The fraction of sp³-hybridized carbons (Fsp3) is 0. The molecule has 0 bridgehead atoms. The smallest absolute Gasteiger partial charge is 0.0499 e.